The molecule has 0 bridgehead atoms. The molecule has 9 nitrogen and oxygen atoms in total. The molecule has 2 unspecified atom stereocenters. The zero-order valence-corrected chi connectivity index (χ0v) is 15.1. The lowest BCUT2D eigenvalue weighted by atomic mass is 10.0. The predicted molar refractivity (Wildman–Crippen MR) is 93.7 cm³/mol. The van der Waals surface area contributed by atoms with Crippen LogP contribution in [0.1, 0.15) is 11.7 Å². The van der Waals surface area contributed by atoms with E-state index in [9.17, 15) is 15.0 Å². The van der Waals surface area contributed by atoms with E-state index in [0.717, 1.165) is 0 Å². The van der Waals surface area contributed by atoms with Crippen molar-refractivity contribution < 1.29 is 43.4 Å². The molecule has 0 radical (unpaired) electrons. The predicted octanol–water partition coefficient (Wildman–Crippen LogP) is 1.58. The molecule has 0 fully saturated rings. The van der Waals surface area contributed by atoms with Crippen molar-refractivity contribution in [1.29, 1.82) is 0 Å². The lowest BCUT2D eigenvalue weighted by Crippen LogP contribution is -2.37. The standard InChI is InChI=1S/C19H18O9/c1-23-11-5-9(3-4-10(11)21)16-14(7-20)26-19-17(28-16)12(24-2)6-13-18(19)27-15(22)8-25-13/h3-6,14,16,20-21H,7-8H2,1-2H3. The van der Waals surface area contributed by atoms with Crippen molar-refractivity contribution in [2.24, 2.45) is 0 Å². The third-order valence-corrected chi connectivity index (χ3v) is 4.47. The van der Waals surface area contributed by atoms with Gasteiger partial charge in [0.15, 0.2) is 41.8 Å². The topological polar surface area (TPSA) is 113 Å². The van der Waals surface area contributed by atoms with Crippen LogP contribution in [0.5, 0.6) is 40.2 Å². The van der Waals surface area contributed by atoms with Crippen LogP contribution in [-0.2, 0) is 4.79 Å². The second-order valence-electron chi connectivity index (χ2n) is 6.14. The van der Waals surface area contributed by atoms with Gasteiger partial charge in [-0.15, -0.1) is 0 Å². The van der Waals surface area contributed by atoms with Crippen molar-refractivity contribution in [1.82, 2.24) is 0 Å². The molecule has 0 saturated heterocycles. The van der Waals surface area contributed by atoms with Crippen LogP contribution in [-0.4, -0.2) is 49.7 Å². The summed E-state index contributed by atoms with van der Waals surface area (Å²) in [7, 11) is 2.89. The number of fused-ring (bicyclic) bond motifs is 3. The van der Waals surface area contributed by atoms with E-state index in [1.54, 1.807) is 12.1 Å². The first-order valence-corrected chi connectivity index (χ1v) is 8.45. The zero-order valence-electron chi connectivity index (χ0n) is 15.1. The number of rotatable bonds is 4. The number of aliphatic hydroxyl groups excluding tert-OH is 1. The molecule has 2 aromatic rings. The van der Waals surface area contributed by atoms with Crippen molar-refractivity contribution in [3.8, 4) is 40.2 Å². The summed E-state index contributed by atoms with van der Waals surface area (Å²) in [6, 6.07) is 6.22. The van der Waals surface area contributed by atoms with Crippen LogP contribution in [0.4, 0.5) is 0 Å². The molecule has 4 rings (SSSR count). The fraction of sp³-hybridized carbons (Fsp3) is 0.316. The molecule has 0 aromatic heterocycles. The van der Waals surface area contributed by atoms with Crippen molar-refractivity contribution in [2.75, 3.05) is 27.4 Å². The van der Waals surface area contributed by atoms with Crippen LogP contribution in [0.2, 0.25) is 0 Å². The largest absolute Gasteiger partial charge is 0.504 e. The number of aliphatic hydroxyl groups is 1. The molecule has 2 aliphatic rings. The number of benzene rings is 2. The number of carbonyl (C=O) groups excluding carboxylic acids is 1. The minimum Gasteiger partial charge on any atom is -0.504 e. The lowest BCUT2D eigenvalue weighted by molar-refractivity contribution is -0.139. The zero-order chi connectivity index (χ0) is 19.8. The highest BCUT2D eigenvalue weighted by atomic mass is 16.6. The normalized spacial score (nSPS) is 19.9. The molecule has 148 valence electrons. The molecule has 0 saturated carbocycles. The van der Waals surface area contributed by atoms with Gasteiger partial charge in [0.05, 0.1) is 20.8 Å². The third kappa shape index (κ3) is 2.89. The Hall–Kier alpha value is -3.33. The number of methoxy groups -OCH3 is 2. The van der Waals surface area contributed by atoms with E-state index in [0.29, 0.717) is 11.3 Å². The van der Waals surface area contributed by atoms with E-state index in [2.05, 4.69) is 0 Å². The van der Waals surface area contributed by atoms with Gasteiger partial charge in [0, 0.05) is 11.6 Å². The smallest absolute Gasteiger partial charge is 0.349 e. The van der Waals surface area contributed by atoms with Gasteiger partial charge in [0.2, 0.25) is 17.2 Å². The second kappa shape index (κ2) is 7.01. The van der Waals surface area contributed by atoms with Crippen LogP contribution in [0.25, 0.3) is 0 Å². The first-order chi connectivity index (χ1) is 13.5. The summed E-state index contributed by atoms with van der Waals surface area (Å²) in [4.78, 5) is 11.6. The minimum atomic E-state index is -0.821. The highest BCUT2D eigenvalue weighted by Crippen LogP contribution is 2.55. The molecule has 0 amide bonds. The lowest BCUT2D eigenvalue weighted by Gasteiger charge is -2.35. The van der Waals surface area contributed by atoms with E-state index in [1.165, 1.54) is 26.4 Å². The van der Waals surface area contributed by atoms with Gasteiger partial charge in [-0.2, -0.15) is 0 Å². The number of hydrogen-bond donors (Lipinski definition) is 2. The van der Waals surface area contributed by atoms with Gasteiger partial charge in [-0.25, -0.2) is 4.79 Å². The molecule has 2 aliphatic heterocycles. The Morgan fingerprint density at radius 1 is 1.07 bits per heavy atom. The van der Waals surface area contributed by atoms with Crippen molar-refractivity contribution in [2.45, 2.75) is 12.2 Å². The van der Waals surface area contributed by atoms with Gasteiger partial charge in [0.25, 0.3) is 0 Å². The number of phenols is 1. The summed E-state index contributed by atoms with van der Waals surface area (Å²) < 4.78 is 33.2. The van der Waals surface area contributed by atoms with E-state index >= 15 is 0 Å². The highest BCUT2D eigenvalue weighted by molar-refractivity contribution is 5.80. The maximum atomic E-state index is 11.6. The Morgan fingerprint density at radius 2 is 1.86 bits per heavy atom. The van der Waals surface area contributed by atoms with Crippen LogP contribution in [0, 0.1) is 0 Å². The molecule has 0 spiro atoms. The number of aromatic hydroxyl groups is 1. The fourth-order valence-electron chi connectivity index (χ4n) is 3.13. The Balaban J connectivity index is 1.80. The molecule has 28 heavy (non-hydrogen) atoms. The number of hydrogen-bond acceptors (Lipinski definition) is 9. The van der Waals surface area contributed by atoms with Gasteiger partial charge in [-0.3, -0.25) is 0 Å². The van der Waals surface area contributed by atoms with E-state index in [-0.39, 0.29) is 47.7 Å². The van der Waals surface area contributed by atoms with Gasteiger partial charge in [-0.05, 0) is 12.1 Å². The van der Waals surface area contributed by atoms with Crippen molar-refractivity contribution in [3.05, 3.63) is 29.8 Å². The summed E-state index contributed by atoms with van der Waals surface area (Å²) in [5.41, 5.74) is 0.604. The number of carbonyl (C=O) groups is 1. The summed E-state index contributed by atoms with van der Waals surface area (Å²) in [6.45, 7) is -0.608. The fourth-order valence-corrected chi connectivity index (χ4v) is 3.13. The summed E-state index contributed by atoms with van der Waals surface area (Å²) >= 11 is 0. The van der Waals surface area contributed by atoms with Crippen molar-refractivity contribution >= 4 is 5.97 Å². The maximum Gasteiger partial charge on any atom is 0.349 e. The van der Waals surface area contributed by atoms with Crippen LogP contribution < -0.4 is 28.4 Å². The molecule has 0 aliphatic carbocycles. The highest BCUT2D eigenvalue weighted by Gasteiger charge is 2.39. The summed E-state index contributed by atoms with van der Waals surface area (Å²) in [6.07, 6.45) is -1.56. The maximum absolute atomic E-state index is 11.6. The minimum absolute atomic E-state index is 0.0281. The quantitative estimate of drug-likeness (QED) is 0.593. The number of ether oxygens (including phenoxy) is 6. The Labute approximate surface area is 159 Å². The summed E-state index contributed by atoms with van der Waals surface area (Å²) in [5.74, 6) is 0.647. The molecule has 2 atom stereocenters. The average molecular weight is 390 g/mol. The van der Waals surface area contributed by atoms with Gasteiger partial charge in [-0.1, -0.05) is 6.07 Å². The third-order valence-electron chi connectivity index (χ3n) is 4.47. The Bertz CT molecular complexity index is 924. The van der Waals surface area contributed by atoms with E-state index in [4.69, 9.17) is 28.4 Å². The summed E-state index contributed by atoms with van der Waals surface area (Å²) in [5, 5.41) is 19.7. The Kier molecular flexibility index (Phi) is 4.52. The molecule has 2 aromatic carbocycles. The van der Waals surface area contributed by atoms with Gasteiger partial charge >= 0.3 is 5.97 Å². The first-order valence-electron chi connectivity index (χ1n) is 8.45. The monoisotopic (exact) mass is 390 g/mol. The first kappa shape index (κ1) is 18.1. The van der Waals surface area contributed by atoms with E-state index in [1.807, 2.05) is 0 Å². The van der Waals surface area contributed by atoms with E-state index < -0.39 is 18.2 Å². The molecular weight excluding hydrogens is 372 g/mol. The molecule has 2 heterocycles. The van der Waals surface area contributed by atoms with Crippen LogP contribution in [0.3, 0.4) is 0 Å². The van der Waals surface area contributed by atoms with Crippen LogP contribution in [0.15, 0.2) is 24.3 Å². The average Bonchev–Trinajstić information content (AvgIpc) is 2.72. The van der Waals surface area contributed by atoms with Gasteiger partial charge in [0.1, 0.15) is 0 Å². The second-order valence-corrected chi connectivity index (χ2v) is 6.14. The Morgan fingerprint density at radius 3 is 2.57 bits per heavy atom. The van der Waals surface area contributed by atoms with Crippen LogP contribution >= 0.6 is 0 Å². The SMILES string of the molecule is COc1cc(C2Oc3c(OC)cc4c(c3OC2CO)OC(=O)CO4)ccc1O. The molecule has 9 heteroatoms. The van der Waals surface area contributed by atoms with Crippen molar-refractivity contribution in [3.63, 3.8) is 0 Å². The number of esters is 1. The molecular formula is C19H18O9. The molecule has 2 N–H and O–H groups in total. The van der Waals surface area contributed by atoms with Gasteiger partial charge < -0.3 is 38.6 Å². The number of phenolic OH excluding ortho intramolecular Hbond substituents is 1.